The summed E-state index contributed by atoms with van der Waals surface area (Å²) in [6, 6.07) is 4.82. The zero-order valence-corrected chi connectivity index (χ0v) is 12.2. The summed E-state index contributed by atoms with van der Waals surface area (Å²) in [5.74, 6) is 0.663. The fraction of sp³-hybridized carbons (Fsp3) is 0.533. The van der Waals surface area contributed by atoms with Crippen LogP contribution in [0.2, 0.25) is 0 Å². The molecule has 1 aromatic rings. The highest BCUT2D eigenvalue weighted by Crippen LogP contribution is 2.27. The van der Waals surface area contributed by atoms with Crippen molar-refractivity contribution in [3.05, 3.63) is 23.8 Å². The van der Waals surface area contributed by atoms with E-state index >= 15 is 0 Å². The number of benzene rings is 1. The molecule has 1 aromatic carbocycles. The molecule has 0 unspecified atom stereocenters. The molecule has 0 heterocycles. The quantitative estimate of drug-likeness (QED) is 0.739. The van der Waals surface area contributed by atoms with Crippen molar-refractivity contribution in [3.63, 3.8) is 0 Å². The van der Waals surface area contributed by atoms with Crippen molar-refractivity contribution in [2.24, 2.45) is 5.92 Å². The van der Waals surface area contributed by atoms with Gasteiger partial charge in [-0.25, -0.2) is 0 Å². The van der Waals surface area contributed by atoms with Crippen LogP contribution in [0.4, 0.5) is 0 Å². The predicted molar refractivity (Wildman–Crippen MR) is 76.6 cm³/mol. The second-order valence-electron chi connectivity index (χ2n) is 5.25. The summed E-state index contributed by atoms with van der Waals surface area (Å²) in [7, 11) is 3.05. The molecule has 1 saturated carbocycles. The highest BCUT2D eigenvalue weighted by molar-refractivity contribution is 5.95. The topological polar surface area (TPSA) is 88.0 Å². The van der Waals surface area contributed by atoms with Gasteiger partial charge >= 0.3 is 0 Å². The van der Waals surface area contributed by atoms with E-state index < -0.39 is 6.10 Å². The lowest BCUT2D eigenvalue weighted by atomic mass is 10.1. The third-order valence-electron chi connectivity index (χ3n) is 3.84. The van der Waals surface area contributed by atoms with E-state index in [1.165, 1.54) is 14.2 Å². The fourth-order valence-corrected chi connectivity index (χ4v) is 2.62. The molecule has 0 saturated heterocycles. The first-order valence-corrected chi connectivity index (χ1v) is 6.90. The summed E-state index contributed by atoms with van der Waals surface area (Å²) in [5.41, 5.74) is 0.438. The minimum atomic E-state index is -0.569. The average Bonchev–Trinajstić information content (AvgIpc) is 2.86. The molecule has 21 heavy (non-hydrogen) atoms. The summed E-state index contributed by atoms with van der Waals surface area (Å²) in [6.45, 7) is -0.0689. The van der Waals surface area contributed by atoms with E-state index in [-0.39, 0.29) is 24.5 Å². The van der Waals surface area contributed by atoms with Crippen molar-refractivity contribution in [2.75, 3.05) is 20.8 Å². The van der Waals surface area contributed by atoms with E-state index in [1.54, 1.807) is 18.2 Å². The summed E-state index contributed by atoms with van der Waals surface area (Å²) < 4.78 is 10.3. The summed E-state index contributed by atoms with van der Waals surface area (Å²) in [6.07, 6.45) is 0.461. The third-order valence-corrected chi connectivity index (χ3v) is 3.84. The van der Waals surface area contributed by atoms with Gasteiger partial charge in [0.25, 0.3) is 5.91 Å². The number of nitrogens with one attached hydrogen (secondary N) is 1. The third kappa shape index (κ3) is 3.65. The number of ether oxygens (including phenoxy) is 2. The molecule has 0 aliphatic heterocycles. The molecule has 1 fully saturated rings. The van der Waals surface area contributed by atoms with Gasteiger partial charge in [0.1, 0.15) is 11.5 Å². The number of carbonyl (C=O) groups excluding carboxylic acids is 1. The van der Waals surface area contributed by atoms with Gasteiger partial charge in [-0.1, -0.05) is 0 Å². The van der Waals surface area contributed by atoms with E-state index in [4.69, 9.17) is 14.6 Å². The van der Waals surface area contributed by atoms with Gasteiger partial charge in [0, 0.05) is 30.2 Å². The Morgan fingerprint density at radius 1 is 1.24 bits per heavy atom. The van der Waals surface area contributed by atoms with Crippen LogP contribution in [0.25, 0.3) is 0 Å². The molecule has 0 bridgehead atoms. The molecular weight excluding hydrogens is 274 g/mol. The maximum absolute atomic E-state index is 12.3. The Morgan fingerprint density at radius 2 is 1.86 bits per heavy atom. The molecule has 2 rings (SSSR count). The summed E-state index contributed by atoms with van der Waals surface area (Å²) in [4.78, 5) is 12.3. The number of rotatable bonds is 5. The van der Waals surface area contributed by atoms with Gasteiger partial charge in [0.05, 0.1) is 20.3 Å². The number of aliphatic hydroxyl groups is 2. The van der Waals surface area contributed by atoms with Crippen molar-refractivity contribution >= 4 is 5.91 Å². The minimum absolute atomic E-state index is 0.0689. The molecule has 3 atom stereocenters. The van der Waals surface area contributed by atoms with Crippen LogP contribution >= 0.6 is 0 Å². The highest BCUT2D eigenvalue weighted by atomic mass is 16.5. The molecule has 0 aromatic heterocycles. The lowest BCUT2D eigenvalue weighted by Crippen LogP contribution is -2.33. The summed E-state index contributed by atoms with van der Waals surface area (Å²) in [5, 5.41) is 21.8. The van der Waals surface area contributed by atoms with E-state index in [0.717, 1.165) is 0 Å². The van der Waals surface area contributed by atoms with Gasteiger partial charge in [-0.05, 0) is 25.0 Å². The predicted octanol–water partition coefficient (Wildman–Crippen LogP) is 0.565. The second-order valence-corrected chi connectivity index (χ2v) is 5.25. The first-order chi connectivity index (χ1) is 10.1. The molecule has 6 nitrogen and oxygen atoms in total. The normalized spacial score (nSPS) is 24.7. The average molecular weight is 295 g/mol. The van der Waals surface area contributed by atoms with Gasteiger partial charge in [-0.15, -0.1) is 0 Å². The Kier molecular flexibility index (Phi) is 5.03. The number of hydrogen-bond donors (Lipinski definition) is 3. The van der Waals surface area contributed by atoms with Crippen LogP contribution in [0.3, 0.4) is 0 Å². The highest BCUT2D eigenvalue weighted by Gasteiger charge is 2.33. The largest absolute Gasteiger partial charge is 0.497 e. The van der Waals surface area contributed by atoms with Crippen LogP contribution in [0.5, 0.6) is 11.5 Å². The molecule has 0 radical (unpaired) electrons. The molecule has 1 amide bonds. The fourth-order valence-electron chi connectivity index (χ4n) is 2.62. The zero-order valence-electron chi connectivity index (χ0n) is 12.2. The number of amides is 1. The Labute approximate surface area is 123 Å². The Bertz CT molecular complexity index is 483. The first-order valence-electron chi connectivity index (χ1n) is 6.90. The van der Waals surface area contributed by atoms with Crippen LogP contribution in [-0.4, -0.2) is 49.1 Å². The molecule has 1 aliphatic rings. The van der Waals surface area contributed by atoms with Crippen molar-refractivity contribution in [3.8, 4) is 11.5 Å². The maximum Gasteiger partial charge on any atom is 0.251 e. The maximum atomic E-state index is 12.3. The Balaban J connectivity index is 2.07. The van der Waals surface area contributed by atoms with Crippen LogP contribution < -0.4 is 14.8 Å². The minimum Gasteiger partial charge on any atom is -0.497 e. The first kappa shape index (κ1) is 15.6. The van der Waals surface area contributed by atoms with Gasteiger partial charge < -0.3 is 25.0 Å². The van der Waals surface area contributed by atoms with E-state index in [0.29, 0.717) is 29.9 Å². The van der Waals surface area contributed by atoms with Crippen molar-refractivity contribution in [1.82, 2.24) is 5.32 Å². The van der Waals surface area contributed by atoms with Crippen molar-refractivity contribution in [2.45, 2.75) is 25.0 Å². The van der Waals surface area contributed by atoms with Crippen LogP contribution in [0, 0.1) is 5.92 Å². The van der Waals surface area contributed by atoms with Crippen LogP contribution in [-0.2, 0) is 0 Å². The van der Waals surface area contributed by atoms with Gasteiger partial charge in [0.15, 0.2) is 0 Å². The Morgan fingerprint density at radius 3 is 2.33 bits per heavy atom. The number of hydrogen-bond acceptors (Lipinski definition) is 5. The van der Waals surface area contributed by atoms with Gasteiger partial charge in [-0.3, -0.25) is 4.79 Å². The van der Waals surface area contributed by atoms with E-state index in [9.17, 15) is 9.90 Å². The monoisotopic (exact) mass is 295 g/mol. The molecule has 0 spiro atoms. The summed E-state index contributed by atoms with van der Waals surface area (Å²) >= 11 is 0. The van der Waals surface area contributed by atoms with Crippen molar-refractivity contribution in [1.29, 1.82) is 0 Å². The van der Waals surface area contributed by atoms with Gasteiger partial charge in [0.2, 0.25) is 0 Å². The Hall–Kier alpha value is -1.79. The lowest BCUT2D eigenvalue weighted by molar-refractivity contribution is 0.0903. The lowest BCUT2D eigenvalue weighted by Gasteiger charge is -2.14. The number of methoxy groups -OCH3 is 2. The second kappa shape index (κ2) is 6.78. The number of aliphatic hydroxyl groups excluding tert-OH is 2. The molecular formula is C15H21NO5. The molecule has 3 N–H and O–H groups in total. The van der Waals surface area contributed by atoms with Crippen LogP contribution in [0.1, 0.15) is 23.2 Å². The smallest absolute Gasteiger partial charge is 0.251 e. The number of carbonyl (C=O) groups is 1. The molecule has 116 valence electrons. The van der Waals surface area contributed by atoms with E-state index in [2.05, 4.69) is 5.32 Å². The zero-order chi connectivity index (χ0) is 15.4. The molecule has 6 heteroatoms. The van der Waals surface area contributed by atoms with Crippen molar-refractivity contribution < 1.29 is 24.5 Å². The standard InChI is InChI=1S/C15H21NO5/c1-20-12-4-9(5-13(7-12)21-2)15(19)16-11-3-10(8-17)14(18)6-11/h4-5,7,10-11,14,17-18H,3,6,8H2,1-2H3,(H,16,19)/t10-,11-,14-/m1/s1. The van der Waals surface area contributed by atoms with Gasteiger partial charge in [-0.2, -0.15) is 0 Å². The molecule has 1 aliphatic carbocycles. The van der Waals surface area contributed by atoms with Crippen LogP contribution in [0.15, 0.2) is 18.2 Å². The van der Waals surface area contributed by atoms with E-state index in [1.807, 2.05) is 0 Å². The SMILES string of the molecule is COc1cc(OC)cc(C(=O)N[C@@H]2C[C@H](CO)[C@H](O)C2)c1.